The van der Waals surface area contributed by atoms with Crippen LogP contribution in [0, 0.1) is 5.41 Å². The van der Waals surface area contributed by atoms with Crippen molar-refractivity contribution in [3.63, 3.8) is 0 Å². The Morgan fingerprint density at radius 3 is 0.967 bits per heavy atom. The van der Waals surface area contributed by atoms with Crippen LogP contribution in [0.3, 0.4) is 0 Å². The van der Waals surface area contributed by atoms with Crippen molar-refractivity contribution in [3.8, 4) is 0 Å². The molecule has 0 aromatic heterocycles. The molecule has 0 saturated heterocycles. The average molecular weight is 552 g/mol. The number of carbonyl (C=O) groups is 2. The van der Waals surface area contributed by atoms with Crippen molar-refractivity contribution < 1.29 is 19.8 Å². The van der Waals surface area contributed by atoms with Crippen LogP contribution in [0.15, 0.2) is 0 Å². The number of carboxylic acid groups (broad SMARTS) is 2. The van der Waals surface area contributed by atoms with Crippen molar-refractivity contribution >= 4 is 60.8 Å². The van der Waals surface area contributed by atoms with E-state index < -0.39 is 17.4 Å². The zero-order valence-electron chi connectivity index (χ0n) is 19.4. The molecule has 0 saturated carbocycles. The first kappa shape index (κ1) is 32.7. The number of unbranched alkanes of at least 4 members (excludes halogenated alkanes) is 16. The van der Waals surface area contributed by atoms with E-state index in [4.69, 9.17) is 0 Å². The molecule has 0 fully saturated rings. The molecule has 2 N–H and O–H groups in total. The minimum absolute atomic E-state index is 0. The van der Waals surface area contributed by atoms with E-state index in [1.54, 1.807) is 0 Å². The second-order valence-corrected chi connectivity index (χ2v) is 8.85. The first-order valence-electron chi connectivity index (χ1n) is 12.5. The van der Waals surface area contributed by atoms with Crippen molar-refractivity contribution in [1.82, 2.24) is 0 Å². The molecule has 0 bridgehead atoms. The maximum absolute atomic E-state index is 11.8. The number of carboxylic acids is 2. The van der Waals surface area contributed by atoms with Gasteiger partial charge in [0.25, 0.3) is 0 Å². The first-order valence-corrected chi connectivity index (χ1v) is 12.5. The maximum atomic E-state index is 11.8. The molecule has 0 amide bonds. The summed E-state index contributed by atoms with van der Waals surface area (Å²) in [6, 6.07) is 0. The number of hydrogen-bond acceptors (Lipinski definition) is 2. The van der Waals surface area contributed by atoms with Gasteiger partial charge in [0.15, 0.2) is 5.41 Å². The van der Waals surface area contributed by atoms with Crippen LogP contribution < -0.4 is 0 Å². The number of rotatable bonds is 22. The average Bonchev–Trinajstić information content (AvgIpc) is 2.69. The quantitative estimate of drug-likeness (QED) is 0.0857. The van der Waals surface area contributed by atoms with E-state index in [9.17, 15) is 19.8 Å². The fourth-order valence-electron chi connectivity index (χ4n) is 4.12. The molecule has 0 aromatic carbocycles. The molecule has 0 aliphatic heterocycles. The third kappa shape index (κ3) is 16.2. The van der Waals surface area contributed by atoms with Gasteiger partial charge in [-0.3, -0.25) is 9.59 Å². The van der Waals surface area contributed by atoms with Gasteiger partial charge < -0.3 is 10.2 Å². The van der Waals surface area contributed by atoms with E-state index >= 15 is 0 Å². The summed E-state index contributed by atoms with van der Waals surface area (Å²) in [6.45, 7) is 4.43. The molecule has 0 aromatic rings. The Kier molecular flexibility index (Phi) is 24.7. The summed E-state index contributed by atoms with van der Waals surface area (Å²) in [4.78, 5) is 23.6. The summed E-state index contributed by atoms with van der Waals surface area (Å²) in [7, 11) is 0. The topological polar surface area (TPSA) is 74.6 Å². The fourth-order valence-corrected chi connectivity index (χ4v) is 4.12. The van der Waals surface area contributed by atoms with Gasteiger partial charge >= 0.3 is 60.8 Å². The summed E-state index contributed by atoms with van der Waals surface area (Å²) >= 11 is 0. The Morgan fingerprint density at radius 2 is 0.733 bits per heavy atom. The molecule has 0 aliphatic rings. The predicted octanol–water partition coefficient (Wildman–Crippen LogP) is 7.07. The molecule has 30 heavy (non-hydrogen) atoms. The zero-order chi connectivity index (χ0) is 21.8. The van der Waals surface area contributed by atoms with Crippen LogP contribution in [0.2, 0.25) is 0 Å². The van der Waals surface area contributed by atoms with Gasteiger partial charge in [-0.2, -0.15) is 0 Å². The van der Waals surface area contributed by atoms with E-state index in [0.717, 1.165) is 25.7 Å². The molecule has 0 unspecified atom stereocenters. The molecule has 4 nitrogen and oxygen atoms in total. The molecule has 0 spiro atoms. The van der Waals surface area contributed by atoms with Crippen molar-refractivity contribution in [2.24, 2.45) is 5.41 Å². The summed E-state index contributed by atoms with van der Waals surface area (Å²) in [5.41, 5.74) is -1.58. The third-order valence-electron chi connectivity index (χ3n) is 6.23. The van der Waals surface area contributed by atoms with Crippen LogP contribution in [0.1, 0.15) is 142 Å². The van der Waals surface area contributed by atoms with E-state index in [1.165, 1.54) is 77.0 Å². The standard InChI is InChI=1S/C25H48O4.Ba.2H/c1-3-5-7-9-11-13-14-16-18-20-22-25(23(26)27,24(28)29)21-19-17-15-12-10-8-6-4-2;;;/h3-22H2,1-2H3,(H,26,27)(H,28,29);;;. The zero-order valence-corrected chi connectivity index (χ0v) is 19.4. The predicted molar refractivity (Wildman–Crippen MR) is 130 cm³/mol. The Balaban J connectivity index is 0. The van der Waals surface area contributed by atoms with E-state index in [-0.39, 0.29) is 61.7 Å². The third-order valence-corrected chi connectivity index (χ3v) is 6.23. The monoisotopic (exact) mass is 552 g/mol. The molecule has 0 atom stereocenters. The molecule has 0 radical (unpaired) electrons. The SMILES string of the molecule is CCCCCCCCCCCCC(CCCCCCCCCC)(C(=O)O)C(=O)O.[BaH2]. The first-order chi connectivity index (χ1) is 14.0. The van der Waals surface area contributed by atoms with E-state index in [1.807, 2.05) is 0 Å². The van der Waals surface area contributed by atoms with E-state index in [0.29, 0.717) is 12.8 Å². The Labute approximate surface area is 226 Å². The summed E-state index contributed by atoms with van der Waals surface area (Å²) in [6.07, 6.45) is 21.1. The Morgan fingerprint density at radius 1 is 0.500 bits per heavy atom. The van der Waals surface area contributed by atoms with Crippen LogP contribution in [-0.2, 0) is 9.59 Å². The summed E-state index contributed by atoms with van der Waals surface area (Å²) in [5.74, 6) is -2.30. The van der Waals surface area contributed by atoms with Crippen LogP contribution in [-0.4, -0.2) is 71.0 Å². The van der Waals surface area contributed by atoms with Gasteiger partial charge in [0.2, 0.25) is 0 Å². The van der Waals surface area contributed by atoms with Crippen LogP contribution >= 0.6 is 0 Å². The normalized spacial score (nSPS) is 11.3. The second-order valence-electron chi connectivity index (χ2n) is 8.85. The van der Waals surface area contributed by atoms with Gasteiger partial charge in [-0.25, -0.2) is 0 Å². The summed E-state index contributed by atoms with van der Waals surface area (Å²) in [5, 5.41) is 19.3. The van der Waals surface area contributed by atoms with Gasteiger partial charge in [-0.15, -0.1) is 0 Å². The van der Waals surface area contributed by atoms with Crippen LogP contribution in [0.4, 0.5) is 0 Å². The molecule has 0 heterocycles. The van der Waals surface area contributed by atoms with Gasteiger partial charge in [0.05, 0.1) is 0 Å². The van der Waals surface area contributed by atoms with Crippen molar-refractivity contribution in [3.05, 3.63) is 0 Å². The van der Waals surface area contributed by atoms with Gasteiger partial charge in [-0.05, 0) is 12.8 Å². The van der Waals surface area contributed by atoms with Crippen LogP contribution in [0.5, 0.6) is 0 Å². The van der Waals surface area contributed by atoms with Crippen LogP contribution in [0.25, 0.3) is 0 Å². The summed E-state index contributed by atoms with van der Waals surface area (Å²) < 4.78 is 0. The number of hydrogen-bond donors (Lipinski definition) is 2. The van der Waals surface area contributed by atoms with Gasteiger partial charge in [0, 0.05) is 0 Å². The molecule has 176 valence electrons. The molecule has 5 heteroatoms. The Hall–Kier alpha value is 0.511. The van der Waals surface area contributed by atoms with E-state index in [2.05, 4.69) is 13.8 Å². The van der Waals surface area contributed by atoms with Crippen molar-refractivity contribution in [2.45, 2.75) is 142 Å². The molecular weight excluding hydrogens is 502 g/mol. The second kappa shape index (κ2) is 22.7. The van der Waals surface area contributed by atoms with Gasteiger partial charge in [0.1, 0.15) is 0 Å². The molecular formula is C25H50BaO4. The molecule has 0 aliphatic carbocycles. The van der Waals surface area contributed by atoms with Crippen molar-refractivity contribution in [2.75, 3.05) is 0 Å². The number of aliphatic carboxylic acids is 2. The Bertz CT molecular complexity index is 398. The minimum atomic E-state index is -1.58. The van der Waals surface area contributed by atoms with Gasteiger partial charge in [-0.1, -0.05) is 129 Å². The molecule has 0 rings (SSSR count). The fraction of sp³-hybridized carbons (Fsp3) is 0.920. The van der Waals surface area contributed by atoms with Crippen molar-refractivity contribution in [1.29, 1.82) is 0 Å².